The van der Waals surface area contributed by atoms with Gasteiger partial charge in [-0.05, 0) is 55.5 Å². The molecular weight excluding hydrogens is 487 g/mol. The lowest BCUT2D eigenvalue weighted by Gasteiger charge is -2.18. The molecule has 0 spiro atoms. The van der Waals surface area contributed by atoms with Gasteiger partial charge in [-0.3, -0.25) is 9.79 Å². The minimum absolute atomic E-state index is 0. The predicted molar refractivity (Wildman–Crippen MR) is 137 cm³/mol. The van der Waals surface area contributed by atoms with Gasteiger partial charge in [0.1, 0.15) is 0 Å². The van der Waals surface area contributed by atoms with Crippen LogP contribution in [0.1, 0.15) is 53.9 Å². The van der Waals surface area contributed by atoms with Crippen LogP contribution in [0.15, 0.2) is 53.5 Å². The average molecular weight is 522 g/mol. The van der Waals surface area contributed by atoms with Crippen molar-refractivity contribution >= 4 is 35.8 Å². The Morgan fingerprint density at radius 2 is 1.77 bits per heavy atom. The summed E-state index contributed by atoms with van der Waals surface area (Å²) in [7, 11) is 3.54. The Bertz CT molecular complexity index is 818. The van der Waals surface area contributed by atoms with Crippen LogP contribution >= 0.6 is 24.0 Å². The highest BCUT2D eigenvalue weighted by atomic mass is 127. The largest absolute Gasteiger partial charge is 0.357 e. The number of carbonyl (C=O) groups is 1. The predicted octanol–water partition coefficient (Wildman–Crippen LogP) is 4.43. The highest BCUT2D eigenvalue weighted by Crippen LogP contribution is 2.14. The van der Waals surface area contributed by atoms with Crippen LogP contribution in [0.2, 0.25) is 0 Å². The molecule has 2 aromatic rings. The summed E-state index contributed by atoms with van der Waals surface area (Å²) in [6.07, 6.45) is 1.83. The molecule has 5 nitrogen and oxygen atoms in total. The number of hydrogen-bond donors (Lipinski definition) is 2. The van der Waals surface area contributed by atoms with E-state index in [1.165, 1.54) is 11.1 Å². The standard InChI is InChI=1S/C24H34N4O.HI/c1-6-19-11-13-21(14-12-19)18(3)27-24(25-7-2)26-16-15-20-9-8-10-22(17-20)23(29)28(4)5;/h8-14,17-18H,6-7,15-16H2,1-5H3,(H2,25,26,27);1H. The summed E-state index contributed by atoms with van der Waals surface area (Å²) in [5, 5.41) is 6.80. The van der Waals surface area contributed by atoms with E-state index in [1.54, 1.807) is 19.0 Å². The van der Waals surface area contributed by atoms with Gasteiger partial charge in [-0.15, -0.1) is 24.0 Å². The lowest BCUT2D eigenvalue weighted by molar-refractivity contribution is 0.0827. The molecule has 0 radical (unpaired) electrons. The summed E-state index contributed by atoms with van der Waals surface area (Å²) < 4.78 is 0. The maximum Gasteiger partial charge on any atom is 0.253 e. The fraction of sp³-hybridized carbons (Fsp3) is 0.417. The molecule has 0 fully saturated rings. The number of guanidine groups is 1. The van der Waals surface area contributed by atoms with Crippen molar-refractivity contribution in [2.24, 2.45) is 4.99 Å². The van der Waals surface area contributed by atoms with Crippen molar-refractivity contribution in [3.05, 3.63) is 70.8 Å². The number of nitrogens with one attached hydrogen (secondary N) is 2. The molecule has 6 heteroatoms. The molecule has 1 atom stereocenters. The van der Waals surface area contributed by atoms with Gasteiger partial charge >= 0.3 is 0 Å². The topological polar surface area (TPSA) is 56.7 Å². The zero-order valence-corrected chi connectivity index (χ0v) is 21.1. The highest BCUT2D eigenvalue weighted by molar-refractivity contribution is 14.0. The Morgan fingerprint density at radius 1 is 1.07 bits per heavy atom. The summed E-state index contributed by atoms with van der Waals surface area (Å²) in [5.41, 5.74) is 4.41. The normalized spacial score (nSPS) is 12.0. The Labute approximate surface area is 198 Å². The Morgan fingerprint density at radius 3 is 2.37 bits per heavy atom. The van der Waals surface area contributed by atoms with Crippen LogP contribution in [0.25, 0.3) is 0 Å². The number of hydrogen-bond acceptors (Lipinski definition) is 2. The second kappa shape index (κ2) is 13.3. The van der Waals surface area contributed by atoms with E-state index >= 15 is 0 Å². The van der Waals surface area contributed by atoms with Crippen LogP contribution in [-0.4, -0.2) is 44.0 Å². The summed E-state index contributed by atoms with van der Waals surface area (Å²) in [6, 6.07) is 16.7. The van der Waals surface area contributed by atoms with Crippen LogP contribution in [-0.2, 0) is 12.8 Å². The minimum atomic E-state index is 0. The average Bonchev–Trinajstić information content (AvgIpc) is 2.73. The number of aliphatic imine (C=N–C) groups is 1. The van der Waals surface area contributed by atoms with Gasteiger partial charge in [0.25, 0.3) is 5.91 Å². The molecule has 164 valence electrons. The summed E-state index contributed by atoms with van der Waals surface area (Å²) in [5.74, 6) is 0.827. The molecule has 0 saturated carbocycles. The van der Waals surface area contributed by atoms with E-state index < -0.39 is 0 Å². The van der Waals surface area contributed by atoms with Crippen LogP contribution < -0.4 is 10.6 Å². The lowest BCUT2D eigenvalue weighted by atomic mass is 10.1. The Balaban J connectivity index is 0.00000450. The van der Waals surface area contributed by atoms with Gasteiger partial charge in [0, 0.05) is 32.7 Å². The van der Waals surface area contributed by atoms with Gasteiger partial charge < -0.3 is 15.5 Å². The van der Waals surface area contributed by atoms with Gasteiger partial charge in [-0.25, -0.2) is 0 Å². The van der Waals surface area contributed by atoms with Crippen LogP contribution in [0.3, 0.4) is 0 Å². The van der Waals surface area contributed by atoms with Crippen molar-refractivity contribution in [1.29, 1.82) is 0 Å². The molecule has 2 aromatic carbocycles. The number of halogens is 1. The van der Waals surface area contributed by atoms with Gasteiger partial charge in [0.15, 0.2) is 5.96 Å². The van der Waals surface area contributed by atoms with E-state index in [0.29, 0.717) is 12.1 Å². The SMILES string of the molecule is CCNC(=NCCc1cccc(C(=O)N(C)C)c1)NC(C)c1ccc(CC)cc1.I. The van der Waals surface area contributed by atoms with Crippen molar-refractivity contribution in [1.82, 2.24) is 15.5 Å². The van der Waals surface area contributed by atoms with E-state index in [0.717, 1.165) is 30.9 Å². The van der Waals surface area contributed by atoms with Crippen LogP contribution in [0.5, 0.6) is 0 Å². The smallest absolute Gasteiger partial charge is 0.253 e. The van der Waals surface area contributed by atoms with Crippen molar-refractivity contribution in [2.75, 3.05) is 27.2 Å². The molecule has 2 N–H and O–H groups in total. The zero-order chi connectivity index (χ0) is 21.2. The maximum atomic E-state index is 12.1. The van der Waals surface area contributed by atoms with E-state index in [4.69, 9.17) is 4.99 Å². The zero-order valence-electron chi connectivity index (χ0n) is 18.7. The summed E-state index contributed by atoms with van der Waals surface area (Å²) in [4.78, 5) is 18.5. The molecule has 0 saturated heterocycles. The highest BCUT2D eigenvalue weighted by Gasteiger charge is 2.09. The first-order chi connectivity index (χ1) is 13.9. The fourth-order valence-electron chi connectivity index (χ4n) is 3.07. The molecule has 0 aromatic heterocycles. The monoisotopic (exact) mass is 522 g/mol. The molecule has 0 aliphatic heterocycles. The Kier molecular flexibility index (Phi) is 11.5. The third-order valence-corrected chi connectivity index (χ3v) is 4.84. The molecule has 1 amide bonds. The van der Waals surface area contributed by atoms with Crippen molar-refractivity contribution in [3.8, 4) is 0 Å². The minimum Gasteiger partial charge on any atom is -0.357 e. The Hall–Kier alpha value is -2.09. The molecule has 30 heavy (non-hydrogen) atoms. The van der Waals surface area contributed by atoms with E-state index in [1.807, 2.05) is 24.3 Å². The second-order valence-corrected chi connectivity index (χ2v) is 7.37. The summed E-state index contributed by atoms with van der Waals surface area (Å²) >= 11 is 0. The third kappa shape index (κ3) is 7.97. The third-order valence-electron chi connectivity index (χ3n) is 4.84. The number of carbonyl (C=O) groups excluding carboxylic acids is 1. The first-order valence-electron chi connectivity index (χ1n) is 10.4. The van der Waals surface area contributed by atoms with Crippen LogP contribution in [0, 0.1) is 0 Å². The molecule has 0 aliphatic carbocycles. The lowest BCUT2D eigenvalue weighted by Crippen LogP contribution is -2.38. The molecule has 0 heterocycles. The van der Waals surface area contributed by atoms with Gasteiger partial charge in [-0.2, -0.15) is 0 Å². The van der Waals surface area contributed by atoms with E-state index in [2.05, 4.69) is 55.7 Å². The first-order valence-corrected chi connectivity index (χ1v) is 10.4. The quantitative estimate of drug-likeness (QED) is 0.307. The van der Waals surface area contributed by atoms with Gasteiger partial charge in [0.05, 0.1) is 6.04 Å². The molecule has 0 bridgehead atoms. The number of benzene rings is 2. The molecular formula is C24H35IN4O. The fourth-order valence-corrected chi connectivity index (χ4v) is 3.07. The van der Waals surface area contributed by atoms with Crippen LogP contribution in [0.4, 0.5) is 0 Å². The second-order valence-electron chi connectivity index (χ2n) is 7.37. The number of nitrogens with zero attached hydrogens (tertiary/aromatic N) is 2. The van der Waals surface area contributed by atoms with Gasteiger partial charge in [-0.1, -0.05) is 43.3 Å². The van der Waals surface area contributed by atoms with Gasteiger partial charge in [0.2, 0.25) is 0 Å². The maximum absolute atomic E-state index is 12.1. The number of rotatable bonds is 8. The van der Waals surface area contributed by atoms with E-state index in [-0.39, 0.29) is 35.9 Å². The first kappa shape index (κ1) is 25.9. The van der Waals surface area contributed by atoms with Crippen molar-refractivity contribution < 1.29 is 4.79 Å². The number of amides is 1. The number of aryl methyl sites for hydroxylation is 1. The van der Waals surface area contributed by atoms with Crippen molar-refractivity contribution in [2.45, 2.75) is 39.7 Å². The molecule has 2 rings (SSSR count). The van der Waals surface area contributed by atoms with Crippen molar-refractivity contribution in [3.63, 3.8) is 0 Å². The van der Waals surface area contributed by atoms with E-state index in [9.17, 15) is 4.79 Å². The molecule has 0 aliphatic rings. The summed E-state index contributed by atoms with van der Waals surface area (Å²) in [6.45, 7) is 7.83. The molecule has 1 unspecified atom stereocenters.